The molecule has 142 valence electrons. The fraction of sp³-hybridized carbons (Fsp3) is 0.0476. The van der Waals surface area contributed by atoms with Gasteiger partial charge in [0.2, 0.25) is 0 Å². The normalized spacial score (nSPS) is 11.1. The van der Waals surface area contributed by atoms with Crippen LogP contribution in [0.25, 0.3) is 11.1 Å². The van der Waals surface area contributed by atoms with Crippen LogP contribution >= 0.6 is 0 Å². The molecule has 4 nitrogen and oxygen atoms in total. The van der Waals surface area contributed by atoms with Crippen molar-refractivity contribution in [3.05, 3.63) is 89.5 Å². The third-order valence-electron chi connectivity index (χ3n) is 3.96. The molecule has 0 heterocycles. The maximum Gasteiger partial charge on any atom is 0.416 e. The molecule has 0 N–H and O–H groups in total. The smallest absolute Gasteiger partial charge is 0.416 e. The molecule has 0 saturated carbocycles. The summed E-state index contributed by atoms with van der Waals surface area (Å²) in [6.45, 7) is 0. The summed E-state index contributed by atoms with van der Waals surface area (Å²) in [6, 6.07) is 15.9. The Morgan fingerprint density at radius 3 is 1.96 bits per heavy atom. The molecule has 0 spiro atoms. The highest BCUT2D eigenvalue weighted by Crippen LogP contribution is 2.32. The summed E-state index contributed by atoms with van der Waals surface area (Å²) in [7, 11) is 0. The van der Waals surface area contributed by atoms with Gasteiger partial charge in [-0.15, -0.1) is 0 Å². The van der Waals surface area contributed by atoms with Crippen molar-refractivity contribution >= 4 is 11.9 Å². The van der Waals surface area contributed by atoms with E-state index >= 15 is 0 Å². The summed E-state index contributed by atoms with van der Waals surface area (Å²) in [5.74, 6) is -2.61. The molecule has 0 aliphatic rings. The fourth-order valence-electron chi connectivity index (χ4n) is 2.69. The summed E-state index contributed by atoms with van der Waals surface area (Å²) in [4.78, 5) is 23.9. The predicted molar refractivity (Wildman–Crippen MR) is 92.6 cm³/mol. The van der Waals surface area contributed by atoms with Crippen LogP contribution in [0.15, 0.2) is 72.8 Å². The van der Waals surface area contributed by atoms with E-state index in [4.69, 9.17) is 4.74 Å². The third-order valence-corrected chi connectivity index (χ3v) is 3.96. The molecule has 3 aromatic rings. The van der Waals surface area contributed by atoms with Crippen molar-refractivity contribution in [2.75, 3.05) is 0 Å². The average Bonchev–Trinajstić information content (AvgIpc) is 2.67. The van der Waals surface area contributed by atoms with Crippen LogP contribution in [-0.2, 0) is 6.18 Å². The van der Waals surface area contributed by atoms with Crippen LogP contribution in [0.2, 0.25) is 0 Å². The second-order valence-electron chi connectivity index (χ2n) is 5.79. The van der Waals surface area contributed by atoms with Crippen LogP contribution in [0.5, 0.6) is 5.75 Å². The fourth-order valence-corrected chi connectivity index (χ4v) is 2.69. The summed E-state index contributed by atoms with van der Waals surface area (Å²) < 4.78 is 43.6. The largest absolute Gasteiger partial charge is 0.545 e. The number of hydrogen-bond acceptors (Lipinski definition) is 4. The van der Waals surface area contributed by atoms with Crippen LogP contribution in [0.1, 0.15) is 26.3 Å². The maximum atomic E-state index is 12.8. The van der Waals surface area contributed by atoms with Gasteiger partial charge in [0.15, 0.2) is 0 Å². The molecule has 28 heavy (non-hydrogen) atoms. The second-order valence-corrected chi connectivity index (χ2v) is 5.79. The molecule has 0 bridgehead atoms. The number of esters is 1. The molecule has 0 aliphatic heterocycles. The van der Waals surface area contributed by atoms with E-state index in [1.165, 1.54) is 42.5 Å². The number of carbonyl (C=O) groups is 2. The number of carbonyl (C=O) groups excluding carboxylic acids is 2. The first-order valence-corrected chi connectivity index (χ1v) is 8.06. The quantitative estimate of drug-likeness (QED) is 0.504. The average molecular weight is 385 g/mol. The lowest BCUT2D eigenvalue weighted by Gasteiger charge is -2.14. The maximum absolute atomic E-state index is 12.8. The number of alkyl halides is 3. The van der Waals surface area contributed by atoms with E-state index in [-0.39, 0.29) is 28.0 Å². The molecule has 0 atom stereocenters. The van der Waals surface area contributed by atoms with Crippen LogP contribution in [0.3, 0.4) is 0 Å². The van der Waals surface area contributed by atoms with Gasteiger partial charge in [-0.3, -0.25) is 0 Å². The lowest BCUT2D eigenvalue weighted by atomic mass is 9.95. The second kappa shape index (κ2) is 7.56. The van der Waals surface area contributed by atoms with E-state index in [1.54, 1.807) is 12.1 Å². The van der Waals surface area contributed by atoms with Gasteiger partial charge in [-0.05, 0) is 35.4 Å². The highest BCUT2D eigenvalue weighted by Gasteiger charge is 2.31. The van der Waals surface area contributed by atoms with E-state index in [0.29, 0.717) is 0 Å². The van der Waals surface area contributed by atoms with Crippen molar-refractivity contribution in [1.82, 2.24) is 0 Å². The molecule has 0 aliphatic carbocycles. The van der Waals surface area contributed by atoms with Gasteiger partial charge in [0, 0.05) is 5.56 Å². The predicted octanol–water partition coefficient (Wildman–Crippen LogP) is 3.96. The van der Waals surface area contributed by atoms with Gasteiger partial charge < -0.3 is 14.6 Å². The molecule has 0 amide bonds. The van der Waals surface area contributed by atoms with Crippen molar-refractivity contribution in [3.8, 4) is 16.9 Å². The van der Waals surface area contributed by atoms with Crippen molar-refractivity contribution < 1.29 is 32.6 Å². The number of halogens is 3. The van der Waals surface area contributed by atoms with Crippen molar-refractivity contribution in [3.63, 3.8) is 0 Å². The number of aromatic carboxylic acids is 1. The van der Waals surface area contributed by atoms with E-state index < -0.39 is 23.7 Å². The molecule has 3 rings (SSSR count). The van der Waals surface area contributed by atoms with Crippen LogP contribution < -0.4 is 9.84 Å². The van der Waals surface area contributed by atoms with Gasteiger partial charge in [-0.1, -0.05) is 48.5 Å². The number of carboxylic acids is 1. The Kier molecular flexibility index (Phi) is 5.17. The summed E-state index contributed by atoms with van der Waals surface area (Å²) in [5.41, 5.74) is -0.567. The molecular weight excluding hydrogens is 373 g/mol. The standard InChI is InChI=1S/C21H13F3O4/c22-21(23,24)13-6-5-7-14(12-13)28-20(27)18-11-4-2-9-16(18)15-8-1-3-10-17(15)19(25)26/h1-12H,(H,25,26)/p-1. The van der Waals surface area contributed by atoms with E-state index in [2.05, 4.69) is 0 Å². The van der Waals surface area contributed by atoms with Gasteiger partial charge in [-0.25, -0.2) is 4.79 Å². The van der Waals surface area contributed by atoms with Gasteiger partial charge in [0.25, 0.3) is 0 Å². The zero-order valence-electron chi connectivity index (χ0n) is 14.2. The number of benzene rings is 3. The van der Waals surface area contributed by atoms with E-state index in [1.807, 2.05) is 0 Å². The molecular formula is C21H12F3O4-. The molecule has 0 saturated heterocycles. The van der Waals surface area contributed by atoms with E-state index in [9.17, 15) is 27.9 Å². The number of carboxylic acid groups (broad SMARTS) is 1. The van der Waals surface area contributed by atoms with Crippen molar-refractivity contribution in [2.45, 2.75) is 6.18 Å². The topological polar surface area (TPSA) is 66.4 Å². The Morgan fingerprint density at radius 2 is 1.36 bits per heavy atom. The lowest BCUT2D eigenvalue weighted by Crippen LogP contribution is -2.23. The lowest BCUT2D eigenvalue weighted by molar-refractivity contribution is -0.254. The van der Waals surface area contributed by atoms with Crippen LogP contribution in [0.4, 0.5) is 13.2 Å². The number of rotatable bonds is 4. The van der Waals surface area contributed by atoms with Crippen LogP contribution in [0, 0.1) is 0 Å². The highest BCUT2D eigenvalue weighted by molar-refractivity contribution is 6.02. The van der Waals surface area contributed by atoms with Crippen molar-refractivity contribution in [2.24, 2.45) is 0 Å². The first-order chi connectivity index (χ1) is 13.3. The molecule has 0 radical (unpaired) electrons. The number of hydrogen-bond donors (Lipinski definition) is 0. The Balaban J connectivity index is 1.98. The van der Waals surface area contributed by atoms with Gasteiger partial charge in [-0.2, -0.15) is 13.2 Å². The summed E-state index contributed by atoms with van der Waals surface area (Å²) >= 11 is 0. The molecule has 0 unspecified atom stereocenters. The molecule has 0 aromatic heterocycles. The third kappa shape index (κ3) is 4.03. The summed E-state index contributed by atoms with van der Waals surface area (Å²) in [6.07, 6.45) is -4.58. The minimum absolute atomic E-state index is 0.00797. The zero-order valence-corrected chi connectivity index (χ0v) is 14.2. The monoisotopic (exact) mass is 385 g/mol. The SMILES string of the molecule is O=C([O-])c1ccccc1-c1ccccc1C(=O)Oc1cccc(C(F)(F)F)c1. The molecule has 7 heteroatoms. The zero-order chi connectivity index (χ0) is 20.3. The van der Waals surface area contributed by atoms with Gasteiger partial charge >= 0.3 is 12.1 Å². The molecule has 0 fully saturated rings. The first kappa shape index (κ1) is 19.2. The first-order valence-electron chi connectivity index (χ1n) is 8.06. The van der Waals surface area contributed by atoms with E-state index in [0.717, 1.165) is 18.2 Å². The minimum Gasteiger partial charge on any atom is -0.545 e. The Labute approximate surface area is 157 Å². The minimum atomic E-state index is -4.58. The van der Waals surface area contributed by atoms with Gasteiger partial charge in [0.05, 0.1) is 17.1 Å². The Morgan fingerprint density at radius 1 is 0.786 bits per heavy atom. The molecule has 3 aromatic carbocycles. The Bertz CT molecular complexity index is 1040. The Hall–Kier alpha value is -3.61. The highest BCUT2D eigenvalue weighted by atomic mass is 19.4. The van der Waals surface area contributed by atoms with Crippen molar-refractivity contribution in [1.29, 1.82) is 0 Å². The summed E-state index contributed by atoms with van der Waals surface area (Å²) in [5, 5.41) is 11.4. The van der Waals surface area contributed by atoms with Crippen LogP contribution in [-0.4, -0.2) is 11.9 Å². The van der Waals surface area contributed by atoms with Gasteiger partial charge in [0.1, 0.15) is 5.75 Å². The number of ether oxygens (including phenoxy) is 1.